The number of hydrogen-bond donors (Lipinski definition) is 1. The van der Waals surface area contributed by atoms with Crippen molar-refractivity contribution in [2.24, 2.45) is 11.8 Å². The van der Waals surface area contributed by atoms with E-state index in [1.54, 1.807) is 0 Å². The monoisotopic (exact) mass is 254 g/mol. The topological polar surface area (TPSA) is 41.6 Å². The van der Waals surface area contributed by atoms with Gasteiger partial charge in [0.2, 0.25) is 0 Å². The van der Waals surface area contributed by atoms with Gasteiger partial charge in [-0.1, -0.05) is 6.92 Å². The molecule has 2 fully saturated rings. The predicted octanol–water partition coefficient (Wildman–Crippen LogP) is 2.24. The van der Waals surface area contributed by atoms with Crippen molar-refractivity contribution in [2.45, 2.75) is 52.2 Å². The second-order valence-corrected chi connectivity index (χ2v) is 6.71. The standard InChI is InChI=1S/C14H26N2O2/c1-10-9-16(13(17)18-14(2,3)4)8-6-11(10)12-5-7-15-12/h10-12,15H,5-9H2,1-4H3. The van der Waals surface area contributed by atoms with Crippen LogP contribution in [0.1, 0.15) is 40.5 Å². The molecule has 18 heavy (non-hydrogen) atoms. The summed E-state index contributed by atoms with van der Waals surface area (Å²) in [4.78, 5) is 13.9. The number of hydrogen-bond acceptors (Lipinski definition) is 3. The fourth-order valence-corrected chi connectivity index (χ4v) is 2.93. The normalized spacial score (nSPS) is 32.9. The fraction of sp³-hybridized carbons (Fsp3) is 0.929. The van der Waals surface area contributed by atoms with Gasteiger partial charge in [0.05, 0.1) is 0 Å². The quantitative estimate of drug-likeness (QED) is 0.780. The molecule has 0 radical (unpaired) electrons. The van der Waals surface area contributed by atoms with Gasteiger partial charge in [-0.15, -0.1) is 0 Å². The molecular formula is C14H26N2O2. The summed E-state index contributed by atoms with van der Waals surface area (Å²) in [5.41, 5.74) is -0.396. The summed E-state index contributed by atoms with van der Waals surface area (Å²) in [5, 5.41) is 3.49. The highest BCUT2D eigenvalue weighted by Crippen LogP contribution is 2.30. The number of ether oxygens (including phenoxy) is 1. The Balaban J connectivity index is 1.85. The van der Waals surface area contributed by atoms with E-state index in [0.717, 1.165) is 32.0 Å². The summed E-state index contributed by atoms with van der Waals surface area (Å²) in [7, 11) is 0. The minimum atomic E-state index is -0.396. The highest BCUT2D eigenvalue weighted by molar-refractivity contribution is 5.68. The van der Waals surface area contributed by atoms with Crippen LogP contribution in [-0.2, 0) is 4.74 Å². The van der Waals surface area contributed by atoms with E-state index in [9.17, 15) is 4.79 Å². The maximum Gasteiger partial charge on any atom is 0.410 e. The van der Waals surface area contributed by atoms with Crippen LogP contribution < -0.4 is 5.32 Å². The number of nitrogens with zero attached hydrogens (tertiary/aromatic N) is 1. The van der Waals surface area contributed by atoms with Crippen LogP contribution in [0.3, 0.4) is 0 Å². The zero-order valence-corrected chi connectivity index (χ0v) is 12.0. The summed E-state index contributed by atoms with van der Waals surface area (Å²) in [6.07, 6.45) is 2.23. The lowest BCUT2D eigenvalue weighted by atomic mass is 9.78. The molecule has 1 N–H and O–H groups in total. The summed E-state index contributed by atoms with van der Waals surface area (Å²) >= 11 is 0. The molecule has 0 spiro atoms. The lowest BCUT2D eigenvalue weighted by Crippen LogP contribution is -2.55. The minimum absolute atomic E-state index is 0.158. The van der Waals surface area contributed by atoms with E-state index in [4.69, 9.17) is 4.74 Å². The molecule has 0 aromatic heterocycles. The molecule has 0 aromatic carbocycles. The number of piperidine rings is 1. The highest BCUT2D eigenvalue weighted by atomic mass is 16.6. The third-order valence-electron chi connectivity index (χ3n) is 4.00. The van der Waals surface area contributed by atoms with Crippen molar-refractivity contribution < 1.29 is 9.53 Å². The SMILES string of the molecule is CC1CN(C(=O)OC(C)(C)C)CCC1C1CCN1. The first-order valence-electron chi connectivity index (χ1n) is 7.08. The van der Waals surface area contributed by atoms with Gasteiger partial charge in [-0.3, -0.25) is 0 Å². The third-order valence-corrected chi connectivity index (χ3v) is 4.00. The van der Waals surface area contributed by atoms with Crippen LogP contribution in [0.15, 0.2) is 0 Å². The Kier molecular flexibility index (Phi) is 3.85. The van der Waals surface area contributed by atoms with Crippen LogP contribution in [-0.4, -0.2) is 42.3 Å². The van der Waals surface area contributed by atoms with Crippen LogP contribution in [0.25, 0.3) is 0 Å². The number of carbonyl (C=O) groups excluding carboxylic acids is 1. The van der Waals surface area contributed by atoms with Gasteiger partial charge in [-0.2, -0.15) is 0 Å². The molecule has 2 heterocycles. The zero-order valence-electron chi connectivity index (χ0n) is 12.0. The van der Waals surface area contributed by atoms with Gasteiger partial charge in [0.15, 0.2) is 0 Å². The molecule has 1 amide bonds. The Bertz CT molecular complexity index is 307. The van der Waals surface area contributed by atoms with Gasteiger partial charge >= 0.3 is 6.09 Å². The maximum absolute atomic E-state index is 12.0. The van der Waals surface area contributed by atoms with Crippen LogP contribution in [0.4, 0.5) is 4.79 Å². The van der Waals surface area contributed by atoms with Crippen LogP contribution in [0.5, 0.6) is 0 Å². The molecule has 3 atom stereocenters. The van der Waals surface area contributed by atoms with Gasteiger partial charge < -0.3 is 15.0 Å². The number of nitrogens with one attached hydrogen (secondary N) is 1. The Morgan fingerprint density at radius 2 is 2.00 bits per heavy atom. The van der Waals surface area contributed by atoms with Gasteiger partial charge in [0.1, 0.15) is 5.60 Å². The van der Waals surface area contributed by atoms with Crippen molar-refractivity contribution in [3.63, 3.8) is 0 Å². The summed E-state index contributed by atoms with van der Waals surface area (Å²) in [6.45, 7) is 10.8. The van der Waals surface area contributed by atoms with Crippen LogP contribution in [0, 0.1) is 11.8 Å². The average molecular weight is 254 g/mol. The highest BCUT2D eigenvalue weighted by Gasteiger charge is 2.36. The molecule has 0 saturated carbocycles. The smallest absolute Gasteiger partial charge is 0.410 e. The molecule has 2 saturated heterocycles. The molecule has 0 aliphatic carbocycles. The molecule has 2 aliphatic rings. The average Bonchev–Trinajstić information content (AvgIpc) is 2.15. The van der Waals surface area contributed by atoms with Gasteiger partial charge in [-0.05, 0) is 52.0 Å². The largest absolute Gasteiger partial charge is 0.444 e. The first kappa shape index (κ1) is 13.7. The second-order valence-electron chi connectivity index (χ2n) is 6.71. The van der Waals surface area contributed by atoms with Crippen molar-refractivity contribution in [2.75, 3.05) is 19.6 Å². The fourth-order valence-electron chi connectivity index (χ4n) is 2.93. The third kappa shape index (κ3) is 3.16. The van der Waals surface area contributed by atoms with E-state index < -0.39 is 5.60 Å². The molecule has 0 aromatic rings. The molecular weight excluding hydrogens is 228 g/mol. The van der Waals surface area contributed by atoms with E-state index >= 15 is 0 Å². The Morgan fingerprint density at radius 1 is 1.33 bits per heavy atom. The number of amides is 1. The van der Waals surface area contributed by atoms with E-state index in [0.29, 0.717) is 12.0 Å². The van der Waals surface area contributed by atoms with Crippen LogP contribution >= 0.6 is 0 Å². The number of rotatable bonds is 1. The van der Waals surface area contributed by atoms with E-state index in [2.05, 4.69) is 12.2 Å². The van der Waals surface area contributed by atoms with E-state index in [1.165, 1.54) is 6.42 Å². The molecule has 3 unspecified atom stereocenters. The Hall–Kier alpha value is -0.770. The Labute approximate surface area is 110 Å². The van der Waals surface area contributed by atoms with Crippen molar-refractivity contribution in [3.05, 3.63) is 0 Å². The zero-order chi connectivity index (χ0) is 13.3. The molecule has 2 aliphatic heterocycles. The molecule has 0 bridgehead atoms. The number of likely N-dealkylation sites (tertiary alicyclic amines) is 1. The van der Waals surface area contributed by atoms with E-state index in [1.807, 2.05) is 25.7 Å². The first-order valence-corrected chi connectivity index (χ1v) is 7.08. The van der Waals surface area contributed by atoms with Crippen molar-refractivity contribution >= 4 is 6.09 Å². The van der Waals surface area contributed by atoms with Gasteiger partial charge in [0.25, 0.3) is 0 Å². The van der Waals surface area contributed by atoms with Crippen LogP contribution in [0.2, 0.25) is 0 Å². The van der Waals surface area contributed by atoms with Crippen molar-refractivity contribution in [1.82, 2.24) is 10.2 Å². The Morgan fingerprint density at radius 3 is 2.44 bits per heavy atom. The number of carbonyl (C=O) groups is 1. The second kappa shape index (κ2) is 5.08. The van der Waals surface area contributed by atoms with Crippen molar-refractivity contribution in [1.29, 1.82) is 0 Å². The molecule has 4 nitrogen and oxygen atoms in total. The lowest BCUT2D eigenvalue weighted by molar-refractivity contribution is 0.00629. The van der Waals surface area contributed by atoms with E-state index in [-0.39, 0.29) is 6.09 Å². The first-order chi connectivity index (χ1) is 8.37. The summed E-state index contributed by atoms with van der Waals surface area (Å²) in [6, 6.07) is 0.681. The van der Waals surface area contributed by atoms with Gasteiger partial charge in [-0.25, -0.2) is 4.79 Å². The minimum Gasteiger partial charge on any atom is -0.444 e. The molecule has 4 heteroatoms. The summed E-state index contributed by atoms with van der Waals surface area (Å²) < 4.78 is 5.43. The lowest BCUT2D eigenvalue weighted by Gasteiger charge is -2.44. The summed E-state index contributed by atoms with van der Waals surface area (Å²) in [5.74, 6) is 1.28. The van der Waals surface area contributed by atoms with Gasteiger partial charge in [0, 0.05) is 19.1 Å². The van der Waals surface area contributed by atoms with Crippen molar-refractivity contribution in [3.8, 4) is 0 Å². The molecule has 104 valence electrons. The predicted molar refractivity (Wildman–Crippen MR) is 71.5 cm³/mol. The maximum atomic E-state index is 12.0. The molecule has 2 rings (SSSR count).